The lowest BCUT2D eigenvalue weighted by atomic mass is 9.71. The number of halogens is 3. The van der Waals surface area contributed by atoms with Crippen molar-refractivity contribution in [2.45, 2.75) is 96.7 Å². The Hall–Kier alpha value is -4.87. The molecule has 1 aromatic heterocycles. The molecule has 52 heavy (non-hydrogen) atoms. The summed E-state index contributed by atoms with van der Waals surface area (Å²) in [6.07, 6.45) is 7.90. The first-order valence-corrected chi connectivity index (χ1v) is 18.1. The molecule has 6 rings (SSSR count). The van der Waals surface area contributed by atoms with Crippen molar-refractivity contribution in [3.05, 3.63) is 78.1 Å². The normalized spacial score (nSPS) is 17.9. The molecule has 3 N–H and O–H groups in total. The van der Waals surface area contributed by atoms with Crippen LogP contribution >= 0.6 is 0 Å². The molecule has 2 aliphatic carbocycles. The topological polar surface area (TPSA) is 131 Å². The van der Waals surface area contributed by atoms with Gasteiger partial charge in [-0.05, 0) is 79.3 Å². The molecule has 0 bridgehead atoms. The van der Waals surface area contributed by atoms with Crippen molar-refractivity contribution >= 4 is 34.8 Å². The molecule has 9 nitrogen and oxygen atoms in total. The number of imidazole rings is 1. The van der Waals surface area contributed by atoms with Gasteiger partial charge in [0.05, 0.1) is 11.0 Å². The van der Waals surface area contributed by atoms with Crippen LogP contribution in [0.25, 0.3) is 22.2 Å². The van der Waals surface area contributed by atoms with E-state index in [9.17, 15) is 22.8 Å². The van der Waals surface area contributed by atoms with E-state index in [0.717, 1.165) is 83.2 Å². The van der Waals surface area contributed by atoms with E-state index in [0.29, 0.717) is 12.3 Å². The minimum absolute atomic E-state index is 0.0927. The number of carboxylic acid groups (broad SMARTS) is 2. The van der Waals surface area contributed by atoms with Gasteiger partial charge in [0.1, 0.15) is 11.6 Å². The maximum Gasteiger partial charge on any atom is 0.511 e. The number of hydrogen-bond donors (Lipinski definition) is 3. The number of anilines is 1. The maximum absolute atomic E-state index is 13.4. The number of fused-ring (bicyclic) bond motifs is 1. The summed E-state index contributed by atoms with van der Waals surface area (Å²) in [4.78, 5) is 38.4. The highest BCUT2D eigenvalue weighted by Gasteiger charge is 2.38. The first-order chi connectivity index (χ1) is 24.9. The predicted octanol–water partition coefficient (Wildman–Crippen LogP) is 10.1. The average Bonchev–Trinajstić information content (AvgIpc) is 3.47. The fourth-order valence-electron chi connectivity index (χ4n) is 7.52. The standard InChI is InChI=1S/C38H45N3O4.C2HF3O2/c1-2-3-13-36-40-33-23-22-31(39-37(42)30-20-18-28(19-21-30)27-9-5-4-6-10-27)24-34(33)41(36)25-26-14-16-29(17-15-26)32-11-7-8-12-35(32)45-38(43)44;3-2(4,5)1(6)7/h7-8,11-12,14-17,22-24,27-28,30H,2-6,9-10,13,18-21,25H2,1H3,(H,39,42)(H,43,44);(H,6,7). The molecular formula is C40H46F3N3O6. The number of benzene rings is 3. The van der Waals surface area contributed by atoms with Crippen LogP contribution in [0.1, 0.15) is 88.9 Å². The molecule has 1 heterocycles. The number of aromatic nitrogens is 2. The number of hydrogen-bond acceptors (Lipinski definition) is 5. The molecule has 1 amide bonds. The number of aryl methyl sites for hydroxylation is 1. The van der Waals surface area contributed by atoms with E-state index >= 15 is 0 Å². The van der Waals surface area contributed by atoms with E-state index < -0.39 is 18.3 Å². The number of ether oxygens (including phenoxy) is 1. The summed E-state index contributed by atoms with van der Waals surface area (Å²) in [5, 5.41) is 19.5. The van der Waals surface area contributed by atoms with Gasteiger partial charge in [-0.1, -0.05) is 87.9 Å². The lowest BCUT2D eigenvalue weighted by Gasteiger charge is -2.35. The van der Waals surface area contributed by atoms with E-state index in [1.54, 1.807) is 12.1 Å². The Morgan fingerprint density at radius 1 is 0.885 bits per heavy atom. The Balaban J connectivity index is 0.000000679. The molecule has 278 valence electrons. The lowest BCUT2D eigenvalue weighted by molar-refractivity contribution is -0.192. The van der Waals surface area contributed by atoms with Crippen molar-refractivity contribution in [3.8, 4) is 16.9 Å². The Kier molecular flexibility index (Phi) is 13.0. The maximum atomic E-state index is 13.4. The molecule has 2 fully saturated rings. The molecule has 4 aromatic rings. The van der Waals surface area contributed by atoms with Crippen molar-refractivity contribution < 1.29 is 42.5 Å². The van der Waals surface area contributed by atoms with E-state index in [-0.39, 0.29) is 11.8 Å². The Morgan fingerprint density at radius 3 is 2.17 bits per heavy atom. The average molecular weight is 722 g/mol. The third-order valence-corrected chi connectivity index (χ3v) is 10.2. The van der Waals surface area contributed by atoms with Gasteiger partial charge < -0.3 is 24.8 Å². The van der Waals surface area contributed by atoms with Crippen molar-refractivity contribution in [3.63, 3.8) is 0 Å². The molecule has 0 spiro atoms. The molecule has 0 saturated heterocycles. The molecule has 0 radical (unpaired) electrons. The van der Waals surface area contributed by atoms with Crippen molar-refractivity contribution in [2.75, 3.05) is 5.32 Å². The fourth-order valence-corrected chi connectivity index (χ4v) is 7.52. The van der Waals surface area contributed by atoms with E-state index in [4.69, 9.17) is 24.7 Å². The molecular weight excluding hydrogens is 675 g/mol. The zero-order valence-corrected chi connectivity index (χ0v) is 29.3. The minimum Gasteiger partial charge on any atom is -0.475 e. The van der Waals surface area contributed by atoms with Gasteiger partial charge in [0.25, 0.3) is 0 Å². The lowest BCUT2D eigenvalue weighted by Crippen LogP contribution is -2.30. The van der Waals surface area contributed by atoms with Gasteiger partial charge in [0, 0.05) is 30.1 Å². The number of alkyl halides is 3. The van der Waals surface area contributed by atoms with Crippen molar-refractivity contribution in [1.82, 2.24) is 9.55 Å². The number of unbranched alkanes of at least 4 members (excludes halogenated alkanes) is 1. The van der Waals surface area contributed by atoms with Gasteiger partial charge in [0.15, 0.2) is 0 Å². The predicted molar refractivity (Wildman–Crippen MR) is 192 cm³/mol. The van der Waals surface area contributed by atoms with Gasteiger partial charge in [-0.2, -0.15) is 13.2 Å². The number of nitrogens with zero attached hydrogens (tertiary/aromatic N) is 2. The van der Waals surface area contributed by atoms with E-state index in [1.807, 2.05) is 36.4 Å². The Labute approximate surface area is 301 Å². The number of carbonyl (C=O) groups is 3. The quantitative estimate of drug-likeness (QED) is 0.110. The molecule has 0 aliphatic heterocycles. The van der Waals surface area contributed by atoms with Crippen molar-refractivity contribution in [2.24, 2.45) is 17.8 Å². The van der Waals surface area contributed by atoms with Crippen LogP contribution in [0.5, 0.6) is 5.75 Å². The number of amides is 1. The number of carboxylic acids is 1. The smallest absolute Gasteiger partial charge is 0.475 e. The third kappa shape index (κ3) is 10.1. The summed E-state index contributed by atoms with van der Waals surface area (Å²) in [5.74, 6) is 0.528. The molecule has 0 atom stereocenters. The number of aliphatic carboxylic acids is 1. The summed E-state index contributed by atoms with van der Waals surface area (Å²) >= 11 is 0. The highest BCUT2D eigenvalue weighted by molar-refractivity contribution is 5.94. The summed E-state index contributed by atoms with van der Waals surface area (Å²) in [6.45, 7) is 2.83. The summed E-state index contributed by atoms with van der Waals surface area (Å²) in [6, 6.07) is 21.4. The van der Waals surface area contributed by atoms with E-state index in [2.05, 4.69) is 35.0 Å². The number of nitrogens with one attached hydrogen (secondary N) is 1. The molecule has 3 aromatic carbocycles. The number of carbonyl (C=O) groups excluding carboxylic acids is 1. The van der Waals surface area contributed by atoms with Crippen LogP contribution in [0.3, 0.4) is 0 Å². The molecule has 12 heteroatoms. The van der Waals surface area contributed by atoms with Crippen LogP contribution in [0, 0.1) is 17.8 Å². The van der Waals surface area contributed by atoms with Crippen LogP contribution in [-0.2, 0) is 22.6 Å². The first-order valence-electron chi connectivity index (χ1n) is 18.1. The van der Waals surface area contributed by atoms with Crippen molar-refractivity contribution in [1.29, 1.82) is 0 Å². The second kappa shape index (κ2) is 17.6. The van der Waals surface area contributed by atoms with Crippen LogP contribution in [0.15, 0.2) is 66.7 Å². The third-order valence-electron chi connectivity index (χ3n) is 10.2. The van der Waals surface area contributed by atoms with Gasteiger partial charge in [-0.3, -0.25) is 4.79 Å². The Bertz CT molecular complexity index is 1820. The van der Waals surface area contributed by atoms with Crippen LogP contribution in [0.4, 0.5) is 23.7 Å². The second-order valence-electron chi connectivity index (χ2n) is 13.8. The van der Waals surface area contributed by atoms with Gasteiger partial charge in [-0.15, -0.1) is 0 Å². The molecule has 0 unspecified atom stereocenters. The SMILES string of the molecule is CCCCc1nc2ccc(NC(=O)C3CCC(C4CCCCC4)CC3)cc2n1Cc1ccc(-c2ccccc2OC(=O)O)cc1.O=C(O)C(F)(F)F. The number of rotatable bonds is 10. The van der Waals surface area contributed by atoms with Gasteiger partial charge >= 0.3 is 18.3 Å². The fraction of sp³-hybridized carbons (Fsp3) is 0.450. The summed E-state index contributed by atoms with van der Waals surface area (Å²) in [5.41, 5.74) is 5.50. The molecule has 2 saturated carbocycles. The van der Waals surface area contributed by atoms with Gasteiger partial charge in [-0.25, -0.2) is 14.6 Å². The highest BCUT2D eigenvalue weighted by atomic mass is 19.4. The van der Waals surface area contributed by atoms with Gasteiger partial charge in [0.2, 0.25) is 5.91 Å². The number of para-hydroxylation sites is 1. The second-order valence-corrected chi connectivity index (χ2v) is 13.8. The zero-order valence-electron chi connectivity index (χ0n) is 29.3. The zero-order chi connectivity index (χ0) is 37.3. The Morgan fingerprint density at radius 2 is 1.54 bits per heavy atom. The largest absolute Gasteiger partial charge is 0.511 e. The minimum atomic E-state index is -5.08. The molecule has 2 aliphatic rings. The van der Waals surface area contributed by atoms with E-state index in [1.165, 1.54) is 44.9 Å². The first kappa shape index (κ1) is 38.4. The van der Waals surface area contributed by atoms with Crippen LogP contribution in [-0.4, -0.2) is 44.0 Å². The summed E-state index contributed by atoms with van der Waals surface area (Å²) in [7, 11) is 0. The summed E-state index contributed by atoms with van der Waals surface area (Å²) < 4.78 is 39.0. The monoisotopic (exact) mass is 721 g/mol. The highest BCUT2D eigenvalue weighted by Crippen LogP contribution is 2.40. The van der Waals surface area contributed by atoms with Crippen LogP contribution in [0.2, 0.25) is 0 Å². The van der Waals surface area contributed by atoms with Crippen LogP contribution < -0.4 is 10.1 Å².